The van der Waals surface area contributed by atoms with Crippen LogP contribution in [0.25, 0.3) is 16.3 Å². The summed E-state index contributed by atoms with van der Waals surface area (Å²) in [5.41, 5.74) is 1.74. The molecule has 4 heterocycles. The minimum absolute atomic E-state index is 0.0426. The molecule has 1 amide bonds. The van der Waals surface area contributed by atoms with Gasteiger partial charge in [0.1, 0.15) is 17.2 Å². The van der Waals surface area contributed by atoms with Gasteiger partial charge in [-0.05, 0) is 35.2 Å². The second-order valence-electron chi connectivity index (χ2n) is 9.18. The van der Waals surface area contributed by atoms with Crippen LogP contribution >= 0.6 is 11.6 Å². The molecule has 1 aliphatic heterocycles. The van der Waals surface area contributed by atoms with Crippen LogP contribution < -0.4 is 10.5 Å². The molecule has 0 radical (unpaired) electrons. The van der Waals surface area contributed by atoms with E-state index in [1.54, 1.807) is 39.9 Å². The van der Waals surface area contributed by atoms with Crippen LogP contribution in [0.15, 0.2) is 78.0 Å². The monoisotopic (exact) mass is 515 g/mol. The number of nitrogens with one attached hydrogen (secondary N) is 1. The van der Waals surface area contributed by atoms with E-state index in [1.807, 2.05) is 24.4 Å². The molecule has 2 aromatic carbocycles. The van der Waals surface area contributed by atoms with Gasteiger partial charge in [-0.1, -0.05) is 41.9 Å². The molecule has 0 saturated carbocycles. The van der Waals surface area contributed by atoms with E-state index >= 15 is 0 Å². The van der Waals surface area contributed by atoms with Crippen LogP contribution in [0.3, 0.4) is 0 Å². The Kier molecular flexibility index (Phi) is 5.88. The third-order valence-corrected chi connectivity index (χ3v) is 7.06. The zero-order valence-corrected chi connectivity index (χ0v) is 20.6. The normalized spacial score (nSPS) is 14.0. The Hall–Kier alpha value is -4.17. The summed E-state index contributed by atoms with van der Waals surface area (Å²) >= 11 is 6.10. The zero-order chi connectivity index (χ0) is 25.5. The number of rotatable bonds is 4. The molecular weight excluding hydrogens is 493 g/mol. The van der Waals surface area contributed by atoms with Gasteiger partial charge in [0.25, 0.3) is 11.5 Å². The van der Waals surface area contributed by atoms with E-state index in [2.05, 4.69) is 27.0 Å². The van der Waals surface area contributed by atoms with E-state index in [-0.39, 0.29) is 17.0 Å². The van der Waals surface area contributed by atoms with Gasteiger partial charge < -0.3 is 19.2 Å². The number of hydrogen-bond donors (Lipinski definition) is 1. The van der Waals surface area contributed by atoms with E-state index in [9.17, 15) is 14.0 Å². The van der Waals surface area contributed by atoms with Crippen LogP contribution in [0.2, 0.25) is 5.02 Å². The Morgan fingerprint density at radius 2 is 1.81 bits per heavy atom. The van der Waals surface area contributed by atoms with Crippen molar-refractivity contribution in [3.63, 3.8) is 0 Å². The molecule has 0 spiro atoms. The number of aromatic amines is 1. The van der Waals surface area contributed by atoms with Gasteiger partial charge in [0.15, 0.2) is 0 Å². The van der Waals surface area contributed by atoms with E-state index in [0.717, 1.165) is 27.8 Å². The Balaban J connectivity index is 1.19. The number of hydrogen-bond acceptors (Lipinski definition) is 4. The van der Waals surface area contributed by atoms with Crippen molar-refractivity contribution in [2.45, 2.75) is 6.42 Å². The van der Waals surface area contributed by atoms with E-state index < -0.39 is 5.82 Å². The van der Waals surface area contributed by atoms with Gasteiger partial charge in [-0.2, -0.15) is 0 Å². The maximum absolute atomic E-state index is 14.8. The van der Waals surface area contributed by atoms with Crippen molar-refractivity contribution in [2.75, 3.05) is 31.1 Å². The number of amides is 1. The first-order chi connectivity index (χ1) is 18.0. The third-order valence-electron chi connectivity index (χ3n) is 6.85. The lowest BCUT2D eigenvalue weighted by molar-refractivity contribution is 0.0741. The first-order valence-electron chi connectivity index (χ1n) is 12.0. The Morgan fingerprint density at radius 3 is 2.62 bits per heavy atom. The van der Waals surface area contributed by atoms with Crippen molar-refractivity contribution in [3.8, 4) is 0 Å². The van der Waals surface area contributed by atoms with Gasteiger partial charge in [0.05, 0.1) is 10.6 Å². The quantitative estimate of drug-likeness (QED) is 0.382. The maximum Gasteiger partial charge on any atom is 0.272 e. The van der Waals surface area contributed by atoms with Crippen molar-refractivity contribution in [1.82, 2.24) is 19.3 Å². The fourth-order valence-electron chi connectivity index (χ4n) is 4.88. The van der Waals surface area contributed by atoms with Gasteiger partial charge in [0.2, 0.25) is 0 Å². The Bertz CT molecular complexity index is 1700. The Morgan fingerprint density at radius 1 is 1.03 bits per heavy atom. The molecule has 0 bridgehead atoms. The summed E-state index contributed by atoms with van der Waals surface area (Å²) in [6, 6.07) is 16.3. The molecule has 9 heteroatoms. The first-order valence-corrected chi connectivity index (χ1v) is 12.4. The van der Waals surface area contributed by atoms with Gasteiger partial charge >= 0.3 is 0 Å². The lowest BCUT2D eigenvalue weighted by Gasteiger charge is -2.35. The fourth-order valence-corrected chi connectivity index (χ4v) is 5.08. The Labute approximate surface area is 216 Å². The maximum atomic E-state index is 14.8. The molecular formula is C28H23ClFN5O2. The summed E-state index contributed by atoms with van der Waals surface area (Å²) < 4.78 is 16.5. The number of pyridine rings is 1. The smallest absolute Gasteiger partial charge is 0.272 e. The van der Waals surface area contributed by atoms with Crippen LogP contribution in [0, 0.1) is 5.82 Å². The number of nitrogens with zero attached hydrogens (tertiary/aromatic N) is 4. The van der Waals surface area contributed by atoms with Crippen LogP contribution in [-0.4, -0.2) is 51.4 Å². The molecule has 7 nitrogen and oxygen atoms in total. The van der Waals surface area contributed by atoms with Crippen molar-refractivity contribution in [2.24, 2.45) is 0 Å². The zero-order valence-electron chi connectivity index (χ0n) is 19.8. The van der Waals surface area contributed by atoms with E-state index in [1.165, 1.54) is 6.07 Å². The minimum atomic E-state index is -0.553. The first kappa shape index (κ1) is 23.2. The molecule has 1 aliphatic rings. The molecule has 1 saturated heterocycles. The number of fused-ring (bicyclic) bond motifs is 2. The van der Waals surface area contributed by atoms with Gasteiger partial charge in [-0.3, -0.25) is 9.59 Å². The van der Waals surface area contributed by atoms with Crippen LogP contribution in [0.5, 0.6) is 0 Å². The number of anilines is 1. The number of halogens is 2. The second-order valence-corrected chi connectivity index (χ2v) is 9.62. The lowest BCUT2D eigenvalue weighted by atomic mass is 10.0. The highest BCUT2D eigenvalue weighted by atomic mass is 35.5. The summed E-state index contributed by atoms with van der Waals surface area (Å²) in [6.45, 7) is 2.17. The van der Waals surface area contributed by atoms with Crippen molar-refractivity contribution >= 4 is 39.6 Å². The highest BCUT2D eigenvalue weighted by molar-refractivity contribution is 6.31. The van der Waals surface area contributed by atoms with Crippen molar-refractivity contribution < 1.29 is 9.18 Å². The standard InChI is InChI=1S/C28H23ClFN5O2/c29-21-14-25-27(36)32-16-22(35(25)17-21)11-18-5-6-24(30)23(12-18)28(37)34-9-7-33(8-10-34)26-13-19-3-1-2-4-20(19)15-31-26/h1-6,12-17H,7-11H2,(H,32,36). The van der Waals surface area contributed by atoms with Crippen molar-refractivity contribution in [1.29, 1.82) is 0 Å². The fraction of sp³-hybridized carbons (Fsp3) is 0.179. The molecule has 0 atom stereocenters. The van der Waals surface area contributed by atoms with Crippen molar-refractivity contribution in [3.05, 3.63) is 111 Å². The SMILES string of the molecule is O=C(c1cc(Cc2c[nH]c(=O)c3cc(Cl)cn23)ccc1F)N1CCN(c2cc3ccccc3cn2)CC1. The number of aromatic nitrogens is 3. The molecule has 186 valence electrons. The molecule has 1 N–H and O–H groups in total. The largest absolute Gasteiger partial charge is 0.353 e. The number of carbonyl (C=O) groups is 1. The molecule has 0 unspecified atom stereocenters. The highest BCUT2D eigenvalue weighted by Crippen LogP contribution is 2.22. The lowest BCUT2D eigenvalue weighted by Crippen LogP contribution is -2.49. The van der Waals surface area contributed by atoms with E-state index in [4.69, 9.17) is 11.6 Å². The average Bonchev–Trinajstić information content (AvgIpc) is 3.33. The third kappa shape index (κ3) is 4.44. The van der Waals surface area contributed by atoms with Gasteiger partial charge in [-0.25, -0.2) is 9.37 Å². The molecule has 5 aromatic rings. The number of piperazine rings is 1. The summed E-state index contributed by atoms with van der Waals surface area (Å²) in [6.07, 6.45) is 5.53. The van der Waals surface area contributed by atoms with E-state index in [0.29, 0.717) is 43.1 Å². The number of carbonyl (C=O) groups excluding carboxylic acids is 1. The predicted molar refractivity (Wildman–Crippen MR) is 142 cm³/mol. The highest BCUT2D eigenvalue weighted by Gasteiger charge is 2.25. The second kappa shape index (κ2) is 9.37. The predicted octanol–water partition coefficient (Wildman–Crippen LogP) is 4.52. The molecule has 1 fully saturated rings. The molecule has 37 heavy (non-hydrogen) atoms. The average molecular weight is 516 g/mol. The van der Waals surface area contributed by atoms with Crippen LogP contribution in [0.1, 0.15) is 21.6 Å². The van der Waals surface area contributed by atoms with Gasteiger partial charge in [-0.15, -0.1) is 0 Å². The molecule has 6 rings (SSSR count). The number of H-pyrrole nitrogens is 1. The summed E-state index contributed by atoms with van der Waals surface area (Å²) in [7, 11) is 0. The molecule has 3 aromatic heterocycles. The van der Waals surface area contributed by atoms with Crippen LogP contribution in [0.4, 0.5) is 10.2 Å². The summed E-state index contributed by atoms with van der Waals surface area (Å²) in [5, 5.41) is 2.65. The minimum Gasteiger partial charge on any atom is -0.353 e. The topological polar surface area (TPSA) is 73.7 Å². The summed E-state index contributed by atoms with van der Waals surface area (Å²) in [4.78, 5) is 36.5. The molecule has 0 aliphatic carbocycles. The van der Waals surface area contributed by atoms with Crippen LogP contribution in [-0.2, 0) is 6.42 Å². The van der Waals surface area contributed by atoms with Gasteiger partial charge in [0, 0.05) is 62.3 Å². The number of benzene rings is 2. The summed E-state index contributed by atoms with van der Waals surface area (Å²) in [5.74, 6) is -0.0135.